The van der Waals surface area contributed by atoms with Crippen LogP contribution < -0.4 is 0 Å². The minimum absolute atomic E-state index is 0.133. The van der Waals surface area contributed by atoms with Crippen LogP contribution in [0.5, 0.6) is 0 Å². The Hall–Kier alpha value is -0.710. The second-order valence-electron chi connectivity index (χ2n) is 5.05. The van der Waals surface area contributed by atoms with E-state index in [4.69, 9.17) is 5.11 Å². The maximum absolute atomic E-state index is 11.8. The van der Waals surface area contributed by atoms with Gasteiger partial charge in [-0.1, -0.05) is 13.8 Å². The Kier molecular flexibility index (Phi) is 6.60. The number of carbonyl (C=O) groups is 2. The summed E-state index contributed by atoms with van der Waals surface area (Å²) in [6, 6.07) is 0. The zero-order valence-corrected chi connectivity index (χ0v) is 12.1. The van der Waals surface area contributed by atoms with Gasteiger partial charge >= 0.3 is 5.97 Å². The van der Waals surface area contributed by atoms with E-state index in [-0.39, 0.29) is 5.91 Å². The van der Waals surface area contributed by atoms with Crippen LogP contribution in [-0.4, -0.2) is 46.0 Å². The van der Waals surface area contributed by atoms with Gasteiger partial charge in [-0.05, 0) is 31.9 Å². The number of rotatable bonds is 7. The zero-order valence-electron chi connectivity index (χ0n) is 11.3. The number of hydrogen-bond acceptors (Lipinski definition) is 3. The highest BCUT2D eigenvalue weighted by molar-refractivity contribution is 7.99. The van der Waals surface area contributed by atoms with Gasteiger partial charge in [-0.25, -0.2) is 4.79 Å². The van der Waals surface area contributed by atoms with Crippen molar-refractivity contribution >= 4 is 23.6 Å². The number of nitrogens with zero attached hydrogens (tertiary/aromatic N) is 1. The van der Waals surface area contributed by atoms with Crippen molar-refractivity contribution in [1.29, 1.82) is 0 Å². The van der Waals surface area contributed by atoms with Crippen LogP contribution in [0.1, 0.15) is 34.1 Å². The maximum Gasteiger partial charge on any atom is 0.329 e. The van der Waals surface area contributed by atoms with Gasteiger partial charge in [-0.3, -0.25) is 4.79 Å². The van der Waals surface area contributed by atoms with Crippen LogP contribution in [0.25, 0.3) is 0 Å². The molecule has 0 unspecified atom stereocenters. The monoisotopic (exact) mass is 261 g/mol. The number of amides is 1. The lowest BCUT2D eigenvalue weighted by atomic mass is 10.0. The molecule has 0 spiro atoms. The van der Waals surface area contributed by atoms with Gasteiger partial charge in [-0.15, -0.1) is 0 Å². The van der Waals surface area contributed by atoms with Gasteiger partial charge in [0.1, 0.15) is 5.54 Å². The van der Waals surface area contributed by atoms with Crippen molar-refractivity contribution in [3.05, 3.63) is 0 Å². The molecule has 0 radical (unpaired) electrons. The summed E-state index contributed by atoms with van der Waals surface area (Å²) in [5.74, 6) is 0.794. The fraction of sp³-hybridized carbons (Fsp3) is 0.833. The molecular weight excluding hydrogens is 238 g/mol. The quantitative estimate of drug-likeness (QED) is 0.713. The van der Waals surface area contributed by atoms with Crippen molar-refractivity contribution in [2.45, 2.75) is 39.7 Å². The highest BCUT2D eigenvalue weighted by Crippen LogP contribution is 2.15. The fourth-order valence-electron chi connectivity index (χ4n) is 1.03. The number of aliphatic carboxylic acids is 1. The SMILES string of the molecule is CC(C)CCSCC(=O)N(C)C(C)(C)C(=O)O. The van der Waals surface area contributed by atoms with E-state index in [2.05, 4.69) is 13.8 Å². The molecule has 100 valence electrons. The molecule has 0 aromatic rings. The summed E-state index contributed by atoms with van der Waals surface area (Å²) in [5.41, 5.74) is -1.14. The average Bonchev–Trinajstić information content (AvgIpc) is 2.22. The van der Waals surface area contributed by atoms with Gasteiger partial charge in [0.15, 0.2) is 0 Å². The molecule has 0 saturated carbocycles. The Bertz CT molecular complexity index is 277. The minimum atomic E-state index is -1.14. The van der Waals surface area contributed by atoms with E-state index < -0.39 is 11.5 Å². The van der Waals surface area contributed by atoms with Crippen LogP contribution in [0.15, 0.2) is 0 Å². The molecule has 5 heteroatoms. The molecule has 0 bridgehead atoms. The Labute approximate surface area is 108 Å². The lowest BCUT2D eigenvalue weighted by Gasteiger charge is -2.31. The van der Waals surface area contributed by atoms with Crippen LogP contribution >= 0.6 is 11.8 Å². The predicted molar refractivity (Wildman–Crippen MR) is 71.3 cm³/mol. The molecule has 1 N–H and O–H groups in total. The van der Waals surface area contributed by atoms with E-state index in [0.29, 0.717) is 11.7 Å². The standard InChI is InChI=1S/C12H23NO3S/c1-9(2)6-7-17-8-10(14)13(5)12(3,4)11(15)16/h9H,6-8H2,1-5H3,(H,15,16). The van der Waals surface area contributed by atoms with Gasteiger partial charge < -0.3 is 10.0 Å². The van der Waals surface area contributed by atoms with E-state index in [1.165, 1.54) is 18.7 Å². The first-order valence-corrected chi connectivity index (χ1v) is 6.92. The highest BCUT2D eigenvalue weighted by Gasteiger charge is 2.34. The minimum Gasteiger partial charge on any atom is -0.480 e. The topological polar surface area (TPSA) is 57.6 Å². The lowest BCUT2D eigenvalue weighted by molar-refractivity contribution is -0.154. The molecular formula is C12H23NO3S. The van der Waals surface area contributed by atoms with Crippen molar-refractivity contribution in [3.63, 3.8) is 0 Å². The third kappa shape index (κ3) is 5.44. The van der Waals surface area contributed by atoms with Crippen molar-refractivity contribution in [2.24, 2.45) is 5.92 Å². The number of likely N-dealkylation sites (N-methyl/N-ethyl adjacent to an activating group) is 1. The van der Waals surface area contributed by atoms with Crippen molar-refractivity contribution in [1.82, 2.24) is 4.90 Å². The molecule has 1 amide bonds. The van der Waals surface area contributed by atoms with E-state index in [1.807, 2.05) is 0 Å². The molecule has 0 aliphatic heterocycles. The van der Waals surface area contributed by atoms with Crippen LogP contribution in [0.3, 0.4) is 0 Å². The summed E-state index contributed by atoms with van der Waals surface area (Å²) in [4.78, 5) is 24.1. The van der Waals surface area contributed by atoms with Crippen LogP contribution in [0, 0.1) is 5.92 Å². The Morgan fingerprint density at radius 2 is 1.88 bits per heavy atom. The Morgan fingerprint density at radius 3 is 2.29 bits per heavy atom. The summed E-state index contributed by atoms with van der Waals surface area (Å²) < 4.78 is 0. The normalized spacial score (nSPS) is 11.6. The number of thioether (sulfide) groups is 1. The first kappa shape index (κ1) is 16.3. The largest absolute Gasteiger partial charge is 0.480 e. The molecule has 0 aromatic heterocycles. The summed E-state index contributed by atoms with van der Waals surface area (Å²) in [5, 5.41) is 9.00. The molecule has 0 fully saturated rings. The molecule has 0 rings (SSSR count). The fourth-order valence-corrected chi connectivity index (χ4v) is 2.18. The summed E-state index contributed by atoms with van der Waals surface area (Å²) in [6.07, 6.45) is 1.07. The van der Waals surface area contributed by atoms with Gasteiger partial charge in [0, 0.05) is 7.05 Å². The van der Waals surface area contributed by atoms with E-state index >= 15 is 0 Å². The number of hydrogen-bond donors (Lipinski definition) is 1. The molecule has 0 heterocycles. The van der Waals surface area contributed by atoms with Gasteiger partial charge in [0.25, 0.3) is 0 Å². The highest BCUT2D eigenvalue weighted by atomic mass is 32.2. The third-order valence-corrected chi connectivity index (χ3v) is 3.78. The molecule has 0 aliphatic rings. The molecule has 0 saturated heterocycles. The second-order valence-corrected chi connectivity index (χ2v) is 6.16. The summed E-state index contributed by atoms with van der Waals surface area (Å²) in [6.45, 7) is 7.35. The number of carbonyl (C=O) groups excluding carboxylic acids is 1. The second kappa shape index (κ2) is 6.89. The third-order valence-electron chi connectivity index (χ3n) is 2.80. The van der Waals surface area contributed by atoms with Crippen LogP contribution in [0.4, 0.5) is 0 Å². The van der Waals surface area contributed by atoms with Crippen molar-refractivity contribution in [3.8, 4) is 0 Å². The van der Waals surface area contributed by atoms with Gasteiger partial charge in [0.2, 0.25) is 5.91 Å². The predicted octanol–water partition coefficient (Wildman–Crippen LogP) is 2.09. The molecule has 17 heavy (non-hydrogen) atoms. The number of carboxylic acid groups (broad SMARTS) is 1. The first-order chi connectivity index (χ1) is 7.69. The molecule has 0 aliphatic carbocycles. The zero-order chi connectivity index (χ0) is 13.6. The van der Waals surface area contributed by atoms with E-state index in [9.17, 15) is 9.59 Å². The summed E-state index contributed by atoms with van der Waals surface area (Å²) in [7, 11) is 1.54. The van der Waals surface area contributed by atoms with Gasteiger partial charge in [-0.2, -0.15) is 11.8 Å². The molecule has 4 nitrogen and oxygen atoms in total. The summed E-state index contributed by atoms with van der Waals surface area (Å²) >= 11 is 1.56. The van der Waals surface area contributed by atoms with E-state index in [1.54, 1.807) is 18.8 Å². The average molecular weight is 261 g/mol. The van der Waals surface area contributed by atoms with Crippen molar-refractivity contribution < 1.29 is 14.7 Å². The smallest absolute Gasteiger partial charge is 0.329 e. The molecule has 0 atom stereocenters. The lowest BCUT2D eigenvalue weighted by Crippen LogP contribution is -2.51. The number of carboxylic acids is 1. The van der Waals surface area contributed by atoms with Crippen molar-refractivity contribution in [2.75, 3.05) is 18.6 Å². The Morgan fingerprint density at radius 1 is 1.35 bits per heavy atom. The van der Waals surface area contributed by atoms with Crippen LogP contribution in [-0.2, 0) is 9.59 Å². The Balaban J connectivity index is 4.11. The van der Waals surface area contributed by atoms with E-state index in [0.717, 1.165) is 12.2 Å². The maximum atomic E-state index is 11.8. The molecule has 0 aromatic carbocycles. The van der Waals surface area contributed by atoms with Gasteiger partial charge in [0.05, 0.1) is 5.75 Å². The van der Waals surface area contributed by atoms with Crippen LogP contribution in [0.2, 0.25) is 0 Å². The first-order valence-electron chi connectivity index (χ1n) is 5.77.